The molecule has 3 atom stereocenters. The van der Waals surface area contributed by atoms with E-state index in [-0.39, 0.29) is 0 Å². The quantitative estimate of drug-likeness (QED) is 0.715. The summed E-state index contributed by atoms with van der Waals surface area (Å²) < 4.78 is 0. The minimum atomic E-state index is 0.331. The van der Waals surface area contributed by atoms with Crippen molar-refractivity contribution in [1.29, 1.82) is 0 Å². The number of likely N-dealkylation sites (tertiary alicyclic amines) is 1. The van der Waals surface area contributed by atoms with Crippen LogP contribution in [0.1, 0.15) is 72.1 Å². The highest BCUT2D eigenvalue weighted by atomic mass is 16.3. The molecular weight excluding hydrogens is 284 g/mol. The van der Waals surface area contributed by atoms with Crippen LogP contribution >= 0.6 is 0 Å². The third-order valence-corrected chi connectivity index (χ3v) is 5.99. The summed E-state index contributed by atoms with van der Waals surface area (Å²) in [4.78, 5) is 2.77. The Morgan fingerprint density at radius 1 is 1.13 bits per heavy atom. The van der Waals surface area contributed by atoms with Gasteiger partial charge < -0.3 is 15.3 Å². The molecule has 2 fully saturated rings. The van der Waals surface area contributed by atoms with Crippen molar-refractivity contribution in [3.05, 3.63) is 0 Å². The molecule has 1 saturated heterocycles. The normalized spacial score (nSPS) is 29.1. The van der Waals surface area contributed by atoms with Gasteiger partial charge in [-0.1, -0.05) is 33.6 Å². The molecule has 3 nitrogen and oxygen atoms in total. The summed E-state index contributed by atoms with van der Waals surface area (Å²) in [6, 6.07) is 1.56. The van der Waals surface area contributed by atoms with Gasteiger partial charge in [0.25, 0.3) is 0 Å². The number of aliphatic hydroxyl groups excluding tert-OH is 1. The fourth-order valence-corrected chi connectivity index (χ4v) is 4.69. The van der Waals surface area contributed by atoms with Crippen LogP contribution in [0.4, 0.5) is 0 Å². The SMILES string of the molecule is CC(C)CC(CCO)CNC1CCN(C2CCCC(C)C2)CC1. The second-order valence-electron chi connectivity index (χ2n) is 8.65. The number of hydrogen-bond acceptors (Lipinski definition) is 3. The van der Waals surface area contributed by atoms with Crippen molar-refractivity contribution in [2.24, 2.45) is 17.8 Å². The molecule has 1 aliphatic carbocycles. The van der Waals surface area contributed by atoms with Crippen molar-refractivity contribution in [1.82, 2.24) is 10.2 Å². The summed E-state index contributed by atoms with van der Waals surface area (Å²) in [5.74, 6) is 2.29. The lowest BCUT2D eigenvalue weighted by molar-refractivity contribution is 0.0988. The number of rotatable bonds is 8. The zero-order valence-corrected chi connectivity index (χ0v) is 15.8. The highest BCUT2D eigenvalue weighted by molar-refractivity contribution is 4.85. The summed E-state index contributed by atoms with van der Waals surface area (Å²) >= 11 is 0. The van der Waals surface area contributed by atoms with Gasteiger partial charge in [0.1, 0.15) is 0 Å². The van der Waals surface area contributed by atoms with Gasteiger partial charge in [0.05, 0.1) is 0 Å². The molecule has 1 heterocycles. The highest BCUT2D eigenvalue weighted by Crippen LogP contribution is 2.29. The summed E-state index contributed by atoms with van der Waals surface area (Å²) in [5, 5.41) is 13.1. The van der Waals surface area contributed by atoms with Crippen LogP contribution in [-0.4, -0.2) is 48.3 Å². The molecule has 0 aromatic heterocycles. The molecule has 0 spiro atoms. The minimum Gasteiger partial charge on any atom is -0.396 e. The molecule has 0 bridgehead atoms. The Morgan fingerprint density at radius 2 is 1.87 bits per heavy atom. The Hall–Kier alpha value is -0.120. The lowest BCUT2D eigenvalue weighted by Crippen LogP contribution is -2.48. The Labute approximate surface area is 144 Å². The maximum absolute atomic E-state index is 9.25. The van der Waals surface area contributed by atoms with E-state index in [0.717, 1.165) is 30.8 Å². The smallest absolute Gasteiger partial charge is 0.0434 e. The van der Waals surface area contributed by atoms with E-state index in [4.69, 9.17) is 0 Å². The van der Waals surface area contributed by atoms with Crippen molar-refractivity contribution < 1.29 is 5.11 Å². The molecule has 3 unspecified atom stereocenters. The Bertz CT molecular complexity index is 313. The van der Waals surface area contributed by atoms with Gasteiger partial charge in [-0.2, -0.15) is 0 Å². The standard InChI is InChI=1S/C20H40N2O/c1-16(2)13-18(9-12-23)15-21-19-7-10-22(11-8-19)20-6-4-5-17(3)14-20/h16-21,23H,4-15H2,1-3H3. The third-order valence-electron chi connectivity index (χ3n) is 5.99. The number of nitrogens with one attached hydrogen (secondary N) is 1. The predicted molar refractivity (Wildman–Crippen MR) is 98.7 cm³/mol. The Kier molecular flexibility index (Phi) is 8.35. The van der Waals surface area contributed by atoms with Crippen molar-refractivity contribution in [3.63, 3.8) is 0 Å². The summed E-state index contributed by atoms with van der Waals surface area (Å²) in [5.41, 5.74) is 0. The topological polar surface area (TPSA) is 35.5 Å². The van der Waals surface area contributed by atoms with Crippen molar-refractivity contribution in [2.75, 3.05) is 26.2 Å². The van der Waals surface area contributed by atoms with E-state index in [2.05, 4.69) is 31.0 Å². The minimum absolute atomic E-state index is 0.331. The molecular formula is C20H40N2O. The van der Waals surface area contributed by atoms with Gasteiger partial charge in [-0.3, -0.25) is 0 Å². The second kappa shape index (κ2) is 10.0. The van der Waals surface area contributed by atoms with E-state index in [9.17, 15) is 5.11 Å². The molecule has 0 aromatic carbocycles. The van der Waals surface area contributed by atoms with Crippen LogP contribution < -0.4 is 5.32 Å². The van der Waals surface area contributed by atoms with Crippen molar-refractivity contribution >= 4 is 0 Å². The van der Waals surface area contributed by atoms with E-state index >= 15 is 0 Å². The van der Waals surface area contributed by atoms with E-state index in [1.807, 2.05) is 0 Å². The van der Waals surface area contributed by atoms with Gasteiger partial charge >= 0.3 is 0 Å². The third kappa shape index (κ3) is 6.72. The monoisotopic (exact) mass is 324 g/mol. The fraction of sp³-hybridized carbons (Fsp3) is 1.00. The second-order valence-corrected chi connectivity index (χ2v) is 8.65. The Balaban J connectivity index is 1.67. The molecule has 0 amide bonds. The average Bonchev–Trinajstić information content (AvgIpc) is 2.53. The number of nitrogens with zero attached hydrogens (tertiary/aromatic N) is 1. The van der Waals surface area contributed by atoms with Gasteiger partial charge in [0.15, 0.2) is 0 Å². The van der Waals surface area contributed by atoms with Gasteiger partial charge in [0.2, 0.25) is 0 Å². The first-order valence-electron chi connectivity index (χ1n) is 10.2. The zero-order valence-electron chi connectivity index (χ0n) is 15.8. The van der Waals surface area contributed by atoms with Crippen LogP contribution in [0.25, 0.3) is 0 Å². The number of aliphatic hydroxyl groups is 1. The molecule has 3 heteroatoms. The molecule has 1 saturated carbocycles. The number of hydrogen-bond donors (Lipinski definition) is 2. The molecule has 0 aromatic rings. The van der Waals surface area contributed by atoms with Crippen LogP contribution in [0.2, 0.25) is 0 Å². The van der Waals surface area contributed by atoms with Crippen LogP contribution in [-0.2, 0) is 0 Å². The first kappa shape index (κ1) is 19.2. The first-order valence-corrected chi connectivity index (χ1v) is 10.2. The van der Waals surface area contributed by atoms with E-state index in [0.29, 0.717) is 18.6 Å². The van der Waals surface area contributed by atoms with Gasteiger partial charge in [0, 0.05) is 18.7 Å². The molecule has 136 valence electrons. The summed E-state index contributed by atoms with van der Waals surface area (Å²) in [6.45, 7) is 11.0. The number of piperidine rings is 1. The van der Waals surface area contributed by atoms with Gasteiger partial charge in [-0.25, -0.2) is 0 Å². The fourth-order valence-electron chi connectivity index (χ4n) is 4.69. The van der Waals surface area contributed by atoms with Crippen LogP contribution in [0, 0.1) is 17.8 Å². The van der Waals surface area contributed by atoms with Crippen molar-refractivity contribution in [3.8, 4) is 0 Å². The van der Waals surface area contributed by atoms with Crippen molar-refractivity contribution in [2.45, 2.75) is 84.2 Å². The first-order chi connectivity index (χ1) is 11.1. The average molecular weight is 325 g/mol. The molecule has 23 heavy (non-hydrogen) atoms. The maximum Gasteiger partial charge on any atom is 0.0434 e. The summed E-state index contributed by atoms with van der Waals surface area (Å²) in [7, 11) is 0. The molecule has 2 aliphatic rings. The maximum atomic E-state index is 9.25. The molecule has 2 rings (SSSR count). The van der Waals surface area contributed by atoms with Gasteiger partial charge in [-0.05, 0) is 75.9 Å². The summed E-state index contributed by atoms with van der Waals surface area (Å²) in [6.07, 6.45) is 10.5. The molecule has 1 aliphatic heterocycles. The highest BCUT2D eigenvalue weighted by Gasteiger charge is 2.28. The van der Waals surface area contributed by atoms with Gasteiger partial charge in [-0.15, -0.1) is 0 Å². The zero-order chi connectivity index (χ0) is 16.7. The van der Waals surface area contributed by atoms with E-state index in [1.54, 1.807) is 0 Å². The van der Waals surface area contributed by atoms with E-state index < -0.39 is 0 Å². The van der Waals surface area contributed by atoms with E-state index in [1.165, 1.54) is 58.0 Å². The van der Waals surface area contributed by atoms with Crippen LogP contribution in [0.15, 0.2) is 0 Å². The Morgan fingerprint density at radius 3 is 2.48 bits per heavy atom. The molecule has 0 radical (unpaired) electrons. The molecule has 2 N–H and O–H groups in total. The largest absolute Gasteiger partial charge is 0.396 e. The predicted octanol–water partition coefficient (Wildman–Crippen LogP) is 3.66. The lowest BCUT2D eigenvalue weighted by atomic mass is 9.85. The van der Waals surface area contributed by atoms with Crippen LogP contribution in [0.3, 0.4) is 0 Å². The van der Waals surface area contributed by atoms with Crippen LogP contribution in [0.5, 0.6) is 0 Å². The lowest BCUT2D eigenvalue weighted by Gasteiger charge is -2.41.